The average Bonchev–Trinajstić information content (AvgIpc) is 3.35. The van der Waals surface area contributed by atoms with Crippen LogP contribution in [0, 0.1) is 11.8 Å². The summed E-state index contributed by atoms with van der Waals surface area (Å²) in [5.74, 6) is 6.97. The first-order valence-electron chi connectivity index (χ1n) is 12.6. The second-order valence-corrected chi connectivity index (χ2v) is 10.8. The predicted octanol–water partition coefficient (Wildman–Crippen LogP) is 2.88. The van der Waals surface area contributed by atoms with Gasteiger partial charge in [-0.3, -0.25) is 4.79 Å². The van der Waals surface area contributed by atoms with Crippen LogP contribution in [0.2, 0.25) is 0 Å². The molecule has 0 spiro atoms. The highest BCUT2D eigenvalue weighted by Crippen LogP contribution is 2.28. The topological polar surface area (TPSA) is 145 Å². The van der Waals surface area contributed by atoms with Gasteiger partial charge in [0.2, 0.25) is 15.9 Å². The van der Waals surface area contributed by atoms with E-state index in [1.165, 1.54) is 24.5 Å². The highest BCUT2D eigenvalue weighted by atomic mass is 32.2. The maximum absolute atomic E-state index is 12.8. The van der Waals surface area contributed by atoms with E-state index in [0.29, 0.717) is 41.3 Å². The summed E-state index contributed by atoms with van der Waals surface area (Å²) in [5, 5.41) is 5.12. The summed E-state index contributed by atoms with van der Waals surface area (Å²) >= 11 is 0. The number of piperidine rings is 1. The number of rotatable bonds is 7. The van der Waals surface area contributed by atoms with Gasteiger partial charge in [-0.2, -0.15) is 9.82 Å². The number of hydrogen-bond donors (Lipinski definition) is 2. The number of carbonyl (C=O) groups is 1. The lowest BCUT2D eigenvalue weighted by Crippen LogP contribution is -2.40. The molecule has 204 valence electrons. The van der Waals surface area contributed by atoms with E-state index >= 15 is 0 Å². The van der Waals surface area contributed by atoms with Crippen LogP contribution in [-0.2, 0) is 14.8 Å². The minimum absolute atomic E-state index is 0.0815. The number of aromatic nitrogens is 4. The van der Waals surface area contributed by atoms with Crippen molar-refractivity contribution in [3.05, 3.63) is 79.3 Å². The number of nitrogens with two attached hydrogens (primary N) is 1. The Morgan fingerprint density at radius 2 is 1.90 bits per heavy atom. The summed E-state index contributed by atoms with van der Waals surface area (Å²) < 4.78 is 35.5. The Balaban J connectivity index is 1.30. The second-order valence-electron chi connectivity index (χ2n) is 9.05. The molecule has 3 heterocycles. The third kappa shape index (κ3) is 5.80. The van der Waals surface area contributed by atoms with E-state index in [9.17, 15) is 13.2 Å². The van der Waals surface area contributed by atoms with Gasteiger partial charge in [0.15, 0.2) is 5.65 Å². The molecule has 5 rings (SSSR count). The van der Waals surface area contributed by atoms with Crippen molar-refractivity contribution in [1.29, 1.82) is 0 Å². The van der Waals surface area contributed by atoms with E-state index in [1.807, 2.05) is 30.3 Å². The summed E-state index contributed by atoms with van der Waals surface area (Å²) in [7, 11) is -3.81. The van der Waals surface area contributed by atoms with E-state index in [-0.39, 0.29) is 29.2 Å². The number of hydrogen-bond acceptors (Lipinski definition) is 8. The number of benzene rings is 2. The first-order chi connectivity index (χ1) is 19.4. The normalized spacial score (nSPS) is 15.3. The fourth-order valence-electron chi connectivity index (χ4n) is 4.47. The average molecular weight is 558 g/mol. The van der Waals surface area contributed by atoms with Gasteiger partial charge < -0.3 is 15.4 Å². The maximum Gasteiger partial charge on any atom is 0.246 e. The minimum Gasteiger partial charge on any atom is -0.457 e. The molecule has 3 N–H and O–H groups in total. The van der Waals surface area contributed by atoms with Crippen LogP contribution >= 0.6 is 0 Å². The van der Waals surface area contributed by atoms with Crippen LogP contribution in [0.5, 0.6) is 11.5 Å². The molecule has 1 aliphatic rings. The first-order valence-corrected chi connectivity index (χ1v) is 14.1. The summed E-state index contributed by atoms with van der Waals surface area (Å²) in [6, 6.07) is 15.2. The van der Waals surface area contributed by atoms with Gasteiger partial charge in [-0.05, 0) is 61.2 Å². The zero-order chi connectivity index (χ0) is 28.1. The Morgan fingerprint density at radius 1 is 1.15 bits per heavy atom. The molecule has 2 aromatic heterocycles. The first kappa shape index (κ1) is 26.9. The highest BCUT2D eigenvalue weighted by Gasteiger charge is 2.27. The largest absolute Gasteiger partial charge is 0.457 e. The molecular formula is C28H27N7O4S. The number of nitrogens with zero attached hydrogens (tertiary/aromatic N) is 5. The monoisotopic (exact) mass is 557 g/mol. The number of para-hydroxylation sites is 1. The number of fused-ring (bicyclic) bond motifs is 1. The number of carbonyl (C=O) groups excluding carboxylic acids is 1. The number of ether oxygens (including phenoxy) is 1. The zero-order valence-corrected chi connectivity index (χ0v) is 22.3. The molecular weight excluding hydrogens is 530 g/mol. The molecule has 0 radical (unpaired) electrons. The molecule has 40 heavy (non-hydrogen) atoms. The number of nitrogen functional groups attached to an aromatic ring is 1. The van der Waals surface area contributed by atoms with E-state index in [0.717, 1.165) is 12.8 Å². The number of anilines is 1. The van der Waals surface area contributed by atoms with E-state index in [2.05, 4.69) is 38.2 Å². The number of amides is 1. The third-order valence-corrected chi connectivity index (χ3v) is 7.83. The third-order valence-electron chi connectivity index (χ3n) is 6.42. The van der Waals surface area contributed by atoms with Gasteiger partial charge in [-0.25, -0.2) is 23.1 Å². The molecule has 2 aromatic carbocycles. The maximum atomic E-state index is 12.8. The van der Waals surface area contributed by atoms with E-state index in [4.69, 9.17) is 10.5 Å². The lowest BCUT2D eigenvalue weighted by molar-refractivity contribution is -0.127. The van der Waals surface area contributed by atoms with Gasteiger partial charge in [-0.1, -0.05) is 30.7 Å². The molecule has 0 aliphatic carbocycles. The van der Waals surface area contributed by atoms with Gasteiger partial charge in [0.1, 0.15) is 29.3 Å². The van der Waals surface area contributed by atoms with Crippen LogP contribution < -0.4 is 15.2 Å². The molecule has 0 unspecified atom stereocenters. The van der Waals surface area contributed by atoms with Gasteiger partial charge >= 0.3 is 0 Å². The van der Waals surface area contributed by atoms with Crippen molar-refractivity contribution in [2.24, 2.45) is 0 Å². The van der Waals surface area contributed by atoms with Crippen LogP contribution in [0.3, 0.4) is 0 Å². The minimum atomic E-state index is -3.81. The number of likely N-dealkylation sites (tertiary alicyclic amines) is 1. The van der Waals surface area contributed by atoms with Crippen LogP contribution in [0.15, 0.2) is 78.5 Å². The summed E-state index contributed by atoms with van der Waals surface area (Å²) in [4.78, 5) is 22.4. The van der Waals surface area contributed by atoms with Crippen molar-refractivity contribution < 1.29 is 17.9 Å². The smallest absolute Gasteiger partial charge is 0.246 e. The Morgan fingerprint density at radius 3 is 2.65 bits per heavy atom. The Kier molecular flexibility index (Phi) is 7.77. The van der Waals surface area contributed by atoms with Crippen molar-refractivity contribution in [3.63, 3.8) is 0 Å². The van der Waals surface area contributed by atoms with Crippen molar-refractivity contribution in [3.8, 4) is 23.3 Å². The Bertz CT molecular complexity index is 1710. The standard InChI is InChI=1S/C28H27N7O4S/c1-2-25(36)34-17-7-8-20(18-34)35-28-26(27(29)30-19-31-28)24(33-35)11-6-16-32-40(37,38)23-14-12-22(13-15-23)39-21-9-4-3-5-10-21/h2-5,9-10,12-15,19-20,32H,1,7-8,16-18H2,(H2,29,30,31)/t20-/m1/s1. The molecule has 4 aromatic rings. The quantitative estimate of drug-likeness (QED) is 0.261. The van der Waals surface area contributed by atoms with Crippen LogP contribution in [-0.4, -0.2) is 58.6 Å². The highest BCUT2D eigenvalue weighted by molar-refractivity contribution is 7.89. The molecule has 12 heteroatoms. The van der Waals surface area contributed by atoms with Crippen LogP contribution in [0.1, 0.15) is 24.6 Å². The molecule has 1 atom stereocenters. The van der Waals surface area contributed by atoms with Gasteiger partial charge in [-0.15, -0.1) is 0 Å². The van der Waals surface area contributed by atoms with Crippen molar-refractivity contribution in [2.45, 2.75) is 23.8 Å². The lowest BCUT2D eigenvalue weighted by Gasteiger charge is -2.32. The van der Waals surface area contributed by atoms with Crippen LogP contribution in [0.25, 0.3) is 11.0 Å². The SMILES string of the molecule is C=CC(=O)N1CCC[C@@H](n2nc(C#CCNS(=O)(=O)c3ccc(Oc4ccccc4)cc3)c3c(N)ncnc32)C1. The summed E-state index contributed by atoms with van der Waals surface area (Å²) in [5.41, 5.74) is 6.98. The zero-order valence-electron chi connectivity index (χ0n) is 21.5. The van der Waals surface area contributed by atoms with Gasteiger partial charge in [0.05, 0.1) is 22.9 Å². The summed E-state index contributed by atoms with van der Waals surface area (Å²) in [6.45, 7) is 4.52. The fraction of sp³-hybridized carbons (Fsp3) is 0.214. The van der Waals surface area contributed by atoms with Crippen molar-refractivity contribution >= 4 is 32.8 Å². The Hall–Kier alpha value is -4.73. The predicted molar refractivity (Wildman–Crippen MR) is 150 cm³/mol. The van der Waals surface area contributed by atoms with Crippen molar-refractivity contribution in [1.82, 2.24) is 29.4 Å². The molecule has 1 fully saturated rings. The molecule has 0 saturated carbocycles. The number of nitrogens with one attached hydrogen (secondary N) is 1. The molecule has 1 amide bonds. The fourth-order valence-corrected chi connectivity index (χ4v) is 5.40. The van der Waals surface area contributed by atoms with Crippen molar-refractivity contribution in [2.75, 3.05) is 25.4 Å². The molecule has 0 bridgehead atoms. The lowest BCUT2D eigenvalue weighted by atomic mass is 10.1. The molecule has 1 saturated heterocycles. The summed E-state index contributed by atoms with van der Waals surface area (Å²) in [6.07, 6.45) is 4.25. The molecule has 11 nitrogen and oxygen atoms in total. The van der Waals surface area contributed by atoms with Gasteiger partial charge in [0.25, 0.3) is 0 Å². The van der Waals surface area contributed by atoms with E-state index < -0.39 is 10.0 Å². The van der Waals surface area contributed by atoms with Crippen LogP contribution in [0.4, 0.5) is 5.82 Å². The molecule has 1 aliphatic heterocycles. The van der Waals surface area contributed by atoms with E-state index in [1.54, 1.807) is 21.7 Å². The van der Waals surface area contributed by atoms with Gasteiger partial charge in [0, 0.05) is 13.1 Å². The second kappa shape index (κ2) is 11.6. The number of sulfonamides is 1. The Labute approximate surface area is 231 Å².